The highest BCUT2D eigenvalue weighted by atomic mass is 16.2. The molecule has 0 bridgehead atoms. The van der Waals surface area contributed by atoms with Crippen LogP contribution in [0, 0.1) is 13.8 Å². The summed E-state index contributed by atoms with van der Waals surface area (Å²) in [5.74, 6) is 0.170. The van der Waals surface area contributed by atoms with Gasteiger partial charge in [0, 0.05) is 25.2 Å². The molecule has 0 unspecified atom stereocenters. The van der Waals surface area contributed by atoms with Crippen LogP contribution in [0.15, 0.2) is 30.3 Å². The fourth-order valence-corrected chi connectivity index (χ4v) is 3.63. The summed E-state index contributed by atoms with van der Waals surface area (Å²) in [5, 5.41) is 12.9. The number of hydrogen-bond donors (Lipinski definition) is 0. The van der Waals surface area contributed by atoms with Crippen molar-refractivity contribution in [2.24, 2.45) is 0 Å². The highest BCUT2D eigenvalue weighted by Crippen LogP contribution is 2.23. The van der Waals surface area contributed by atoms with Crippen molar-refractivity contribution in [2.45, 2.75) is 39.3 Å². The SMILES string of the molecule is Cc1cc(C)n([C@@H]2CCN(C(=O)CCn3nnc4ccccc43)C2)n1. The van der Waals surface area contributed by atoms with Gasteiger partial charge in [0.1, 0.15) is 5.52 Å². The molecule has 130 valence electrons. The van der Waals surface area contributed by atoms with Crippen molar-refractivity contribution in [3.05, 3.63) is 41.7 Å². The third kappa shape index (κ3) is 3.01. The average molecular weight is 338 g/mol. The van der Waals surface area contributed by atoms with Crippen molar-refractivity contribution >= 4 is 16.9 Å². The van der Waals surface area contributed by atoms with Gasteiger partial charge in [0.25, 0.3) is 0 Å². The Labute approximate surface area is 146 Å². The number of fused-ring (bicyclic) bond motifs is 1. The van der Waals surface area contributed by atoms with Gasteiger partial charge in [0.05, 0.1) is 23.8 Å². The molecule has 0 N–H and O–H groups in total. The zero-order valence-electron chi connectivity index (χ0n) is 14.6. The van der Waals surface area contributed by atoms with Crippen LogP contribution in [-0.2, 0) is 11.3 Å². The van der Waals surface area contributed by atoms with Gasteiger partial charge in [-0.1, -0.05) is 17.3 Å². The first-order chi connectivity index (χ1) is 12.1. The minimum absolute atomic E-state index is 0.170. The molecule has 7 nitrogen and oxygen atoms in total. The molecule has 4 rings (SSSR count). The molecule has 0 spiro atoms. The van der Waals surface area contributed by atoms with E-state index in [0.29, 0.717) is 13.0 Å². The summed E-state index contributed by atoms with van der Waals surface area (Å²) in [6, 6.07) is 10.2. The molecule has 1 fully saturated rings. The fourth-order valence-electron chi connectivity index (χ4n) is 3.63. The number of aryl methyl sites for hydroxylation is 3. The van der Waals surface area contributed by atoms with Crippen molar-refractivity contribution in [2.75, 3.05) is 13.1 Å². The topological polar surface area (TPSA) is 68.8 Å². The monoisotopic (exact) mass is 338 g/mol. The first kappa shape index (κ1) is 15.8. The second-order valence-corrected chi connectivity index (χ2v) is 6.71. The van der Waals surface area contributed by atoms with Gasteiger partial charge in [0.15, 0.2) is 0 Å². The largest absolute Gasteiger partial charge is 0.340 e. The minimum Gasteiger partial charge on any atom is -0.340 e. The number of benzene rings is 1. The van der Waals surface area contributed by atoms with Crippen molar-refractivity contribution in [3.63, 3.8) is 0 Å². The predicted octanol–water partition coefficient (Wildman–Crippen LogP) is 2.11. The summed E-state index contributed by atoms with van der Waals surface area (Å²) >= 11 is 0. The number of amides is 1. The summed E-state index contributed by atoms with van der Waals surface area (Å²) < 4.78 is 3.87. The van der Waals surface area contributed by atoms with Gasteiger partial charge in [-0.2, -0.15) is 5.10 Å². The molecule has 2 aromatic heterocycles. The zero-order valence-corrected chi connectivity index (χ0v) is 14.6. The number of carbonyl (C=O) groups excluding carboxylic acids is 1. The maximum Gasteiger partial charge on any atom is 0.224 e. The quantitative estimate of drug-likeness (QED) is 0.730. The van der Waals surface area contributed by atoms with E-state index in [1.807, 2.05) is 40.8 Å². The molecule has 1 amide bonds. The van der Waals surface area contributed by atoms with E-state index in [0.717, 1.165) is 41.9 Å². The molecule has 3 heterocycles. The molecule has 25 heavy (non-hydrogen) atoms. The first-order valence-corrected chi connectivity index (χ1v) is 8.70. The first-order valence-electron chi connectivity index (χ1n) is 8.70. The zero-order chi connectivity index (χ0) is 17.4. The average Bonchev–Trinajstić information content (AvgIpc) is 3.31. The lowest BCUT2D eigenvalue weighted by Crippen LogP contribution is -2.30. The van der Waals surface area contributed by atoms with Gasteiger partial charge in [-0.05, 0) is 38.5 Å². The third-order valence-corrected chi connectivity index (χ3v) is 4.86. The Balaban J connectivity index is 1.38. The molecule has 1 saturated heterocycles. The summed E-state index contributed by atoms with van der Waals surface area (Å²) in [7, 11) is 0. The molecule has 1 aromatic carbocycles. The van der Waals surface area contributed by atoms with E-state index in [1.165, 1.54) is 0 Å². The number of hydrogen-bond acceptors (Lipinski definition) is 4. The molecular formula is C18H22N6O. The van der Waals surface area contributed by atoms with E-state index in [1.54, 1.807) is 0 Å². The maximum absolute atomic E-state index is 12.6. The second kappa shape index (κ2) is 6.31. The second-order valence-electron chi connectivity index (χ2n) is 6.71. The third-order valence-electron chi connectivity index (χ3n) is 4.86. The number of carbonyl (C=O) groups is 1. The lowest BCUT2D eigenvalue weighted by Gasteiger charge is -2.17. The van der Waals surface area contributed by atoms with Crippen LogP contribution in [0.1, 0.15) is 30.3 Å². The predicted molar refractivity (Wildman–Crippen MR) is 94.1 cm³/mol. The molecule has 0 saturated carbocycles. The highest BCUT2D eigenvalue weighted by Gasteiger charge is 2.28. The van der Waals surface area contributed by atoms with Gasteiger partial charge < -0.3 is 4.90 Å². The lowest BCUT2D eigenvalue weighted by molar-refractivity contribution is -0.130. The summed E-state index contributed by atoms with van der Waals surface area (Å²) in [6.07, 6.45) is 1.40. The Kier molecular flexibility index (Phi) is 3.99. The number of rotatable bonds is 4. The van der Waals surface area contributed by atoms with Crippen LogP contribution in [-0.4, -0.2) is 48.7 Å². The maximum atomic E-state index is 12.6. The van der Waals surface area contributed by atoms with Crippen LogP contribution in [0.25, 0.3) is 11.0 Å². The molecule has 3 aromatic rings. The Bertz CT molecular complexity index is 911. The van der Waals surface area contributed by atoms with E-state index < -0.39 is 0 Å². The molecule has 1 aliphatic heterocycles. The van der Waals surface area contributed by atoms with Crippen LogP contribution in [0.5, 0.6) is 0 Å². The van der Waals surface area contributed by atoms with Crippen LogP contribution < -0.4 is 0 Å². The fraction of sp³-hybridized carbons (Fsp3) is 0.444. The normalized spacial score (nSPS) is 17.5. The summed E-state index contributed by atoms with van der Waals surface area (Å²) in [6.45, 7) is 6.16. The van der Waals surface area contributed by atoms with E-state index in [9.17, 15) is 4.79 Å². The molecule has 0 aliphatic carbocycles. The Morgan fingerprint density at radius 3 is 2.92 bits per heavy atom. The number of aromatic nitrogens is 5. The highest BCUT2D eigenvalue weighted by molar-refractivity contribution is 5.77. The Hall–Kier alpha value is -2.70. The van der Waals surface area contributed by atoms with E-state index in [4.69, 9.17) is 0 Å². The Morgan fingerprint density at radius 2 is 2.12 bits per heavy atom. The van der Waals surface area contributed by atoms with Crippen LogP contribution >= 0.6 is 0 Å². The van der Waals surface area contributed by atoms with Crippen LogP contribution in [0.2, 0.25) is 0 Å². The van der Waals surface area contributed by atoms with Crippen molar-refractivity contribution in [1.29, 1.82) is 0 Å². The van der Waals surface area contributed by atoms with Gasteiger partial charge in [-0.3, -0.25) is 9.48 Å². The number of para-hydroxylation sites is 1. The molecular weight excluding hydrogens is 316 g/mol. The van der Waals surface area contributed by atoms with Gasteiger partial charge >= 0.3 is 0 Å². The smallest absolute Gasteiger partial charge is 0.224 e. The number of likely N-dealkylation sites (tertiary alicyclic amines) is 1. The van der Waals surface area contributed by atoms with Gasteiger partial charge in [-0.25, -0.2) is 4.68 Å². The minimum atomic E-state index is 0.170. The van der Waals surface area contributed by atoms with Gasteiger partial charge in [-0.15, -0.1) is 5.10 Å². The van der Waals surface area contributed by atoms with Crippen LogP contribution in [0.3, 0.4) is 0 Å². The Morgan fingerprint density at radius 1 is 1.28 bits per heavy atom. The molecule has 0 radical (unpaired) electrons. The summed E-state index contributed by atoms with van der Waals surface area (Å²) in [4.78, 5) is 14.5. The van der Waals surface area contributed by atoms with Crippen LogP contribution in [0.4, 0.5) is 0 Å². The van der Waals surface area contributed by atoms with Crippen molar-refractivity contribution in [3.8, 4) is 0 Å². The van der Waals surface area contributed by atoms with Crippen molar-refractivity contribution < 1.29 is 4.79 Å². The van der Waals surface area contributed by atoms with E-state index in [-0.39, 0.29) is 11.9 Å². The number of nitrogens with zero attached hydrogens (tertiary/aromatic N) is 6. The lowest BCUT2D eigenvalue weighted by atomic mass is 10.2. The van der Waals surface area contributed by atoms with E-state index >= 15 is 0 Å². The molecule has 1 aliphatic rings. The standard InChI is InChI=1S/C18H22N6O/c1-13-11-14(2)24(20-13)15-7-9-22(12-15)18(25)8-10-23-17-6-4-3-5-16(17)19-21-23/h3-6,11,15H,7-10,12H2,1-2H3/t15-/m1/s1. The van der Waals surface area contributed by atoms with Crippen molar-refractivity contribution in [1.82, 2.24) is 29.7 Å². The molecule has 7 heteroatoms. The van der Waals surface area contributed by atoms with E-state index in [2.05, 4.69) is 33.1 Å². The summed E-state index contributed by atoms with van der Waals surface area (Å²) in [5.41, 5.74) is 4.02. The molecule has 1 atom stereocenters. The van der Waals surface area contributed by atoms with Gasteiger partial charge in [0.2, 0.25) is 5.91 Å².